The first-order valence-electron chi connectivity index (χ1n) is 5.63. The number of halogens is 3. The van der Waals surface area contributed by atoms with E-state index in [1.54, 1.807) is 0 Å². The van der Waals surface area contributed by atoms with Crippen LogP contribution >= 0.6 is 23.2 Å². The highest BCUT2D eigenvalue weighted by molar-refractivity contribution is 6.35. The Morgan fingerprint density at radius 2 is 2.06 bits per heavy atom. The summed E-state index contributed by atoms with van der Waals surface area (Å²) in [5.41, 5.74) is -0.195. The zero-order chi connectivity index (χ0) is 13.3. The topological polar surface area (TPSA) is 41.1 Å². The van der Waals surface area contributed by atoms with Crippen LogP contribution in [-0.2, 0) is 4.79 Å². The first-order chi connectivity index (χ1) is 8.42. The summed E-state index contributed by atoms with van der Waals surface area (Å²) < 4.78 is 13.2. The Balaban J connectivity index is 2.17. The fraction of sp³-hybridized carbons (Fsp3) is 0.417. The molecule has 1 heterocycles. The van der Waals surface area contributed by atoms with Crippen LogP contribution in [0.1, 0.15) is 19.8 Å². The van der Waals surface area contributed by atoms with Crippen molar-refractivity contribution in [3.8, 4) is 0 Å². The van der Waals surface area contributed by atoms with E-state index in [-0.39, 0.29) is 16.0 Å². The molecule has 2 N–H and O–H groups in total. The summed E-state index contributed by atoms with van der Waals surface area (Å²) in [5, 5.41) is 5.62. The molecule has 1 aliphatic heterocycles. The van der Waals surface area contributed by atoms with E-state index in [2.05, 4.69) is 10.6 Å². The molecule has 0 saturated carbocycles. The van der Waals surface area contributed by atoms with E-state index in [4.69, 9.17) is 23.2 Å². The highest BCUT2D eigenvalue weighted by Gasteiger charge is 2.35. The standard InChI is InChI=1S/C12H13Cl2FN2O/c1-12(3-2-4-16-12)11(18)17-7-5-8(13)10(15)9(14)6-7/h5-6,16H,2-4H2,1H3,(H,17,18). The summed E-state index contributed by atoms with van der Waals surface area (Å²) in [6, 6.07) is 2.69. The SMILES string of the molecule is CC1(C(=O)Nc2cc(Cl)c(F)c(Cl)c2)CCCN1. The van der Waals surface area contributed by atoms with Crippen molar-refractivity contribution in [2.75, 3.05) is 11.9 Å². The molecule has 1 aliphatic rings. The van der Waals surface area contributed by atoms with Gasteiger partial charge in [-0.25, -0.2) is 4.39 Å². The van der Waals surface area contributed by atoms with Crippen molar-refractivity contribution >= 4 is 34.8 Å². The summed E-state index contributed by atoms with van der Waals surface area (Å²) in [6.07, 6.45) is 1.72. The van der Waals surface area contributed by atoms with Gasteiger partial charge in [0.2, 0.25) is 5.91 Å². The Labute approximate surface area is 115 Å². The summed E-state index contributed by atoms with van der Waals surface area (Å²) in [4.78, 5) is 12.1. The van der Waals surface area contributed by atoms with E-state index < -0.39 is 11.4 Å². The second kappa shape index (κ2) is 5.03. The minimum absolute atomic E-state index is 0.109. The normalized spacial score (nSPS) is 23.1. The molecule has 1 aromatic carbocycles. The molecule has 0 bridgehead atoms. The zero-order valence-electron chi connectivity index (χ0n) is 9.82. The third kappa shape index (κ3) is 2.60. The number of anilines is 1. The minimum atomic E-state index is -0.679. The number of nitrogens with one attached hydrogen (secondary N) is 2. The van der Waals surface area contributed by atoms with Gasteiger partial charge in [0, 0.05) is 5.69 Å². The first-order valence-corrected chi connectivity index (χ1v) is 6.39. The molecule has 1 unspecified atom stereocenters. The maximum Gasteiger partial charge on any atom is 0.244 e. The third-order valence-corrected chi connectivity index (χ3v) is 3.66. The average Bonchev–Trinajstić information content (AvgIpc) is 2.74. The highest BCUT2D eigenvalue weighted by Crippen LogP contribution is 2.28. The molecule has 1 saturated heterocycles. The smallest absolute Gasteiger partial charge is 0.244 e. The lowest BCUT2D eigenvalue weighted by Crippen LogP contribution is -2.47. The van der Waals surface area contributed by atoms with Gasteiger partial charge in [-0.05, 0) is 38.4 Å². The molecule has 0 radical (unpaired) electrons. The van der Waals surface area contributed by atoms with Crippen LogP contribution in [0.2, 0.25) is 10.0 Å². The molecule has 6 heteroatoms. The summed E-state index contributed by atoms with van der Waals surface area (Å²) in [5.74, 6) is -0.847. The molecule has 1 amide bonds. The van der Waals surface area contributed by atoms with Gasteiger partial charge in [-0.1, -0.05) is 23.2 Å². The van der Waals surface area contributed by atoms with Crippen molar-refractivity contribution in [2.45, 2.75) is 25.3 Å². The van der Waals surface area contributed by atoms with Gasteiger partial charge in [-0.3, -0.25) is 4.79 Å². The predicted octanol–water partition coefficient (Wildman–Crippen LogP) is 3.21. The molecule has 0 spiro atoms. The van der Waals surface area contributed by atoms with Gasteiger partial charge in [-0.2, -0.15) is 0 Å². The zero-order valence-corrected chi connectivity index (χ0v) is 11.3. The van der Waals surface area contributed by atoms with Gasteiger partial charge in [-0.15, -0.1) is 0 Å². The van der Waals surface area contributed by atoms with Gasteiger partial charge in [0.1, 0.15) is 0 Å². The van der Waals surface area contributed by atoms with Crippen LogP contribution in [0.15, 0.2) is 12.1 Å². The van der Waals surface area contributed by atoms with Crippen LogP contribution in [0, 0.1) is 5.82 Å². The molecular weight excluding hydrogens is 278 g/mol. The molecule has 1 aromatic rings. The Bertz CT molecular complexity index is 464. The highest BCUT2D eigenvalue weighted by atomic mass is 35.5. The number of hydrogen-bond acceptors (Lipinski definition) is 2. The fourth-order valence-corrected chi connectivity index (χ4v) is 2.47. The van der Waals surface area contributed by atoms with E-state index >= 15 is 0 Å². The monoisotopic (exact) mass is 290 g/mol. The van der Waals surface area contributed by atoms with Crippen molar-refractivity contribution < 1.29 is 9.18 Å². The largest absolute Gasteiger partial charge is 0.324 e. The third-order valence-electron chi connectivity index (χ3n) is 3.11. The maximum atomic E-state index is 13.2. The van der Waals surface area contributed by atoms with Crippen molar-refractivity contribution in [1.29, 1.82) is 0 Å². The van der Waals surface area contributed by atoms with E-state index in [0.29, 0.717) is 5.69 Å². The molecular formula is C12H13Cl2FN2O. The summed E-state index contributed by atoms with van der Waals surface area (Å²) in [7, 11) is 0. The molecule has 0 aromatic heterocycles. The quantitative estimate of drug-likeness (QED) is 0.821. The van der Waals surface area contributed by atoms with E-state index in [0.717, 1.165) is 19.4 Å². The molecule has 18 heavy (non-hydrogen) atoms. The van der Waals surface area contributed by atoms with Crippen LogP contribution in [0.25, 0.3) is 0 Å². The lowest BCUT2D eigenvalue weighted by molar-refractivity contribution is -0.121. The van der Waals surface area contributed by atoms with Crippen LogP contribution in [0.3, 0.4) is 0 Å². The fourth-order valence-electron chi connectivity index (χ4n) is 1.99. The Kier molecular flexibility index (Phi) is 3.80. The van der Waals surface area contributed by atoms with E-state index in [1.165, 1.54) is 12.1 Å². The lowest BCUT2D eigenvalue weighted by atomic mass is 9.99. The van der Waals surface area contributed by atoms with Crippen molar-refractivity contribution in [2.24, 2.45) is 0 Å². The predicted molar refractivity (Wildman–Crippen MR) is 70.7 cm³/mol. The second-order valence-corrected chi connectivity index (χ2v) is 5.38. The molecule has 3 nitrogen and oxygen atoms in total. The first kappa shape index (κ1) is 13.6. The van der Waals surface area contributed by atoms with Crippen molar-refractivity contribution in [3.05, 3.63) is 28.0 Å². The van der Waals surface area contributed by atoms with Gasteiger partial charge in [0.25, 0.3) is 0 Å². The van der Waals surface area contributed by atoms with Gasteiger partial charge >= 0.3 is 0 Å². The average molecular weight is 291 g/mol. The Morgan fingerprint density at radius 1 is 1.44 bits per heavy atom. The van der Waals surface area contributed by atoms with Gasteiger partial charge in [0.15, 0.2) is 5.82 Å². The number of rotatable bonds is 2. The number of hydrogen-bond donors (Lipinski definition) is 2. The number of benzene rings is 1. The van der Waals surface area contributed by atoms with Crippen molar-refractivity contribution in [3.63, 3.8) is 0 Å². The molecule has 1 fully saturated rings. The Morgan fingerprint density at radius 3 is 2.56 bits per heavy atom. The molecule has 98 valence electrons. The van der Waals surface area contributed by atoms with Crippen LogP contribution < -0.4 is 10.6 Å². The minimum Gasteiger partial charge on any atom is -0.324 e. The van der Waals surface area contributed by atoms with Crippen molar-refractivity contribution in [1.82, 2.24) is 5.32 Å². The number of carbonyl (C=O) groups is 1. The van der Waals surface area contributed by atoms with Crippen LogP contribution in [-0.4, -0.2) is 18.0 Å². The van der Waals surface area contributed by atoms with Crippen LogP contribution in [0.5, 0.6) is 0 Å². The van der Waals surface area contributed by atoms with Gasteiger partial charge < -0.3 is 10.6 Å². The lowest BCUT2D eigenvalue weighted by Gasteiger charge is -2.23. The number of amides is 1. The molecule has 2 rings (SSSR count). The molecule has 1 atom stereocenters. The molecule has 0 aliphatic carbocycles. The van der Waals surface area contributed by atoms with E-state index in [1.807, 2.05) is 6.92 Å². The summed E-state index contributed by atoms with van der Waals surface area (Å²) >= 11 is 11.3. The maximum absolute atomic E-state index is 13.2. The Hall–Kier alpha value is -0.840. The van der Waals surface area contributed by atoms with Crippen LogP contribution in [0.4, 0.5) is 10.1 Å². The van der Waals surface area contributed by atoms with Gasteiger partial charge in [0.05, 0.1) is 15.6 Å². The summed E-state index contributed by atoms with van der Waals surface area (Å²) in [6.45, 7) is 2.65. The van der Waals surface area contributed by atoms with E-state index in [9.17, 15) is 9.18 Å². The second-order valence-electron chi connectivity index (χ2n) is 4.57. The number of carbonyl (C=O) groups excluding carboxylic acids is 1.